The van der Waals surface area contributed by atoms with Crippen LogP contribution in [0.2, 0.25) is 5.02 Å². The number of nitrogens with zero attached hydrogens (tertiary/aromatic N) is 1. The summed E-state index contributed by atoms with van der Waals surface area (Å²) in [4.78, 5) is 16.1. The Morgan fingerprint density at radius 1 is 1.23 bits per heavy atom. The summed E-state index contributed by atoms with van der Waals surface area (Å²) in [6, 6.07) is 6.83. The predicted molar refractivity (Wildman–Crippen MR) is 102 cm³/mol. The third kappa shape index (κ3) is 5.39. The molecule has 0 radical (unpaired) electrons. The number of aromatic nitrogens is 1. The number of anilines is 1. The van der Waals surface area contributed by atoms with E-state index in [4.69, 9.17) is 25.8 Å². The first-order valence-electron chi connectivity index (χ1n) is 7.96. The van der Waals surface area contributed by atoms with Crippen molar-refractivity contribution in [1.82, 2.24) is 4.98 Å². The van der Waals surface area contributed by atoms with Gasteiger partial charge in [-0.25, -0.2) is 4.98 Å². The molecule has 0 saturated carbocycles. The van der Waals surface area contributed by atoms with Crippen LogP contribution in [-0.4, -0.2) is 31.2 Å². The van der Waals surface area contributed by atoms with Gasteiger partial charge in [-0.1, -0.05) is 11.6 Å². The molecule has 7 heteroatoms. The first-order chi connectivity index (χ1) is 12.4. The van der Waals surface area contributed by atoms with E-state index in [0.717, 1.165) is 0 Å². The molecule has 6 nitrogen and oxygen atoms in total. The molecule has 0 aliphatic heterocycles. The van der Waals surface area contributed by atoms with Gasteiger partial charge >= 0.3 is 0 Å². The quantitative estimate of drug-likeness (QED) is 0.733. The molecule has 26 heavy (non-hydrogen) atoms. The molecule has 0 aliphatic carbocycles. The maximum Gasteiger partial charge on any atom is 0.248 e. The molecule has 0 aliphatic rings. The first kappa shape index (κ1) is 19.6. The Hall–Kier alpha value is -2.73. The van der Waals surface area contributed by atoms with E-state index in [9.17, 15) is 4.79 Å². The number of hydrogen-bond acceptors (Lipinski definition) is 5. The number of rotatable bonds is 7. The Bertz CT molecular complexity index is 789. The van der Waals surface area contributed by atoms with Crippen LogP contribution >= 0.6 is 11.6 Å². The van der Waals surface area contributed by atoms with E-state index < -0.39 is 0 Å². The van der Waals surface area contributed by atoms with Crippen molar-refractivity contribution < 1.29 is 19.0 Å². The zero-order chi connectivity index (χ0) is 19.1. The van der Waals surface area contributed by atoms with Crippen molar-refractivity contribution in [1.29, 1.82) is 0 Å². The van der Waals surface area contributed by atoms with Crippen LogP contribution in [0.1, 0.15) is 19.4 Å². The van der Waals surface area contributed by atoms with Crippen molar-refractivity contribution >= 4 is 29.3 Å². The number of benzene rings is 1. The fourth-order valence-corrected chi connectivity index (χ4v) is 2.38. The van der Waals surface area contributed by atoms with Gasteiger partial charge in [0.1, 0.15) is 0 Å². The van der Waals surface area contributed by atoms with Crippen molar-refractivity contribution in [2.75, 3.05) is 19.5 Å². The highest BCUT2D eigenvalue weighted by Gasteiger charge is 2.12. The number of methoxy groups -OCH3 is 2. The zero-order valence-electron chi connectivity index (χ0n) is 15.1. The molecule has 1 N–H and O–H groups in total. The molecule has 2 aromatic rings. The van der Waals surface area contributed by atoms with Crippen LogP contribution in [-0.2, 0) is 4.79 Å². The van der Waals surface area contributed by atoms with E-state index in [2.05, 4.69) is 10.3 Å². The minimum absolute atomic E-state index is 0.0355. The number of nitrogens with one attached hydrogen (secondary N) is 1. The second-order valence-electron chi connectivity index (χ2n) is 5.61. The summed E-state index contributed by atoms with van der Waals surface area (Å²) < 4.78 is 16.0. The van der Waals surface area contributed by atoms with Crippen LogP contribution < -0.4 is 19.5 Å². The van der Waals surface area contributed by atoms with Gasteiger partial charge < -0.3 is 19.5 Å². The minimum atomic E-state index is -0.297. The number of pyridine rings is 1. The Labute approximate surface area is 157 Å². The largest absolute Gasteiger partial charge is 0.493 e. The SMILES string of the molecule is COc1ccc(NC(=O)C=Cc2cc(Cl)c(OC(C)C)c(OC)c2)cn1. The van der Waals surface area contributed by atoms with Crippen LogP contribution in [0, 0.1) is 0 Å². The summed E-state index contributed by atoms with van der Waals surface area (Å²) in [5.41, 5.74) is 1.28. The van der Waals surface area contributed by atoms with Gasteiger partial charge in [-0.05, 0) is 43.7 Å². The standard InChI is InChI=1S/C19H21ClN2O4/c1-12(2)26-19-15(20)9-13(10-16(19)24-3)5-7-17(23)22-14-6-8-18(25-4)21-11-14/h5-12H,1-4H3,(H,22,23). The van der Waals surface area contributed by atoms with Gasteiger partial charge in [-0.3, -0.25) is 4.79 Å². The molecular formula is C19H21ClN2O4. The Kier molecular flexibility index (Phi) is 6.86. The molecule has 1 heterocycles. The average Bonchev–Trinajstić information content (AvgIpc) is 2.62. The highest BCUT2D eigenvalue weighted by Crippen LogP contribution is 2.37. The smallest absolute Gasteiger partial charge is 0.248 e. The molecule has 0 atom stereocenters. The Morgan fingerprint density at radius 2 is 2.00 bits per heavy atom. The lowest BCUT2D eigenvalue weighted by Gasteiger charge is -2.15. The molecule has 1 amide bonds. The van der Waals surface area contributed by atoms with E-state index in [1.165, 1.54) is 26.5 Å². The number of carbonyl (C=O) groups is 1. The Balaban J connectivity index is 2.10. The second kappa shape index (κ2) is 9.10. The molecule has 0 bridgehead atoms. The van der Waals surface area contributed by atoms with Gasteiger partial charge in [0.05, 0.1) is 37.2 Å². The van der Waals surface area contributed by atoms with E-state index in [1.807, 2.05) is 13.8 Å². The summed E-state index contributed by atoms with van der Waals surface area (Å²) in [6.45, 7) is 3.81. The summed E-state index contributed by atoms with van der Waals surface area (Å²) in [6.07, 6.45) is 4.52. The summed E-state index contributed by atoms with van der Waals surface area (Å²) in [7, 11) is 3.07. The predicted octanol–water partition coefficient (Wildman–Crippen LogP) is 4.19. The molecule has 1 aromatic heterocycles. The van der Waals surface area contributed by atoms with Gasteiger partial charge in [0.15, 0.2) is 11.5 Å². The van der Waals surface area contributed by atoms with Crippen molar-refractivity contribution in [3.05, 3.63) is 47.1 Å². The van der Waals surface area contributed by atoms with Crippen molar-refractivity contribution in [3.63, 3.8) is 0 Å². The van der Waals surface area contributed by atoms with Gasteiger partial charge in [0.2, 0.25) is 11.8 Å². The topological polar surface area (TPSA) is 69.7 Å². The fraction of sp³-hybridized carbons (Fsp3) is 0.263. The zero-order valence-corrected chi connectivity index (χ0v) is 15.8. The average molecular weight is 377 g/mol. The molecular weight excluding hydrogens is 356 g/mol. The normalized spacial score (nSPS) is 10.8. The molecule has 0 spiro atoms. The van der Waals surface area contributed by atoms with Crippen molar-refractivity contribution in [2.24, 2.45) is 0 Å². The number of hydrogen-bond donors (Lipinski definition) is 1. The highest BCUT2D eigenvalue weighted by atomic mass is 35.5. The highest BCUT2D eigenvalue weighted by molar-refractivity contribution is 6.32. The number of amides is 1. The van der Waals surface area contributed by atoms with E-state index in [1.54, 1.807) is 30.3 Å². The second-order valence-corrected chi connectivity index (χ2v) is 6.02. The van der Waals surface area contributed by atoms with Gasteiger partial charge in [0, 0.05) is 12.1 Å². The van der Waals surface area contributed by atoms with Crippen LogP contribution in [0.3, 0.4) is 0 Å². The molecule has 2 rings (SSSR count). The third-order valence-electron chi connectivity index (χ3n) is 3.25. The van der Waals surface area contributed by atoms with E-state index in [-0.39, 0.29) is 12.0 Å². The molecule has 0 saturated heterocycles. The van der Waals surface area contributed by atoms with Gasteiger partial charge in [-0.2, -0.15) is 0 Å². The van der Waals surface area contributed by atoms with Crippen molar-refractivity contribution in [2.45, 2.75) is 20.0 Å². The minimum Gasteiger partial charge on any atom is -0.493 e. The number of carbonyl (C=O) groups excluding carboxylic acids is 1. The van der Waals surface area contributed by atoms with E-state index >= 15 is 0 Å². The lowest BCUT2D eigenvalue weighted by molar-refractivity contribution is -0.111. The van der Waals surface area contributed by atoms with E-state index in [0.29, 0.717) is 33.7 Å². The Morgan fingerprint density at radius 3 is 2.58 bits per heavy atom. The van der Waals surface area contributed by atoms with Crippen LogP contribution in [0.25, 0.3) is 6.08 Å². The number of halogens is 1. The lowest BCUT2D eigenvalue weighted by Crippen LogP contribution is -2.08. The van der Waals surface area contributed by atoms with Crippen LogP contribution in [0.15, 0.2) is 36.5 Å². The monoisotopic (exact) mass is 376 g/mol. The van der Waals surface area contributed by atoms with Gasteiger partial charge in [0.25, 0.3) is 0 Å². The van der Waals surface area contributed by atoms with Crippen LogP contribution in [0.5, 0.6) is 17.4 Å². The summed E-state index contributed by atoms with van der Waals surface area (Å²) >= 11 is 6.27. The maximum absolute atomic E-state index is 12.0. The number of ether oxygens (including phenoxy) is 3. The summed E-state index contributed by atoms with van der Waals surface area (Å²) in [5.74, 6) is 1.17. The maximum atomic E-state index is 12.0. The summed E-state index contributed by atoms with van der Waals surface area (Å²) in [5, 5.41) is 3.13. The fourth-order valence-electron chi connectivity index (χ4n) is 2.12. The lowest BCUT2D eigenvalue weighted by atomic mass is 10.2. The molecule has 0 fully saturated rings. The molecule has 138 valence electrons. The first-order valence-corrected chi connectivity index (χ1v) is 8.34. The third-order valence-corrected chi connectivity index (χ3v) is 3.53. The molecule has 0 unspecified atom stereocenters. The van der Waals surface area contributed by atoms with Crippen molar-refractivity contribution in [3.8, 4) is 17.4 Å². The molecule has 1 aromatic carbocycles. The van der Waals surface area contributed by atoms with Gasteiger partial charge in [-0.15, -0.1) is 0 Å². The van der Waals surface area contributed by atoms with Crippen LogP contribution in [0.4, 0.5) is 5.69 Å².